The minimum absolute atomic E-state index is 0.242. The Bertz CT molecular complexity index is 1010. The van der Waals surface area contributed by atoms with Gasteiger partial charge in [-0.15, -0.1) is 0 Å². The highest BCUT2D eigenvalue weighted by molar-refractivity contribution is 6.01. The third-order valence-corrected chi connectivity index (χ3v) is 3.74. The molecule has 0 aliphatic heterocycles. The van der Waals surface area contributed by atoms with Gasteiger partial charge in [0.15, 0.2) is 0 Å². The highest BCUT2D eigenvalue weighted by Gasteiger charge is 2.18. The van der Waals surface area contributed by atoms with Crippen LogP contribution >= 0.6 is 0 Å². The lowest BCUT2D eigenvalue weighted by Gasteiger charge is -2.15. The smallest absolute Gasteiger partial charge is 0.211 e. The molecule has 2 rings (SSSR count). The Hall–Kier alpha value is -3.78. The molecule has 2 aromatic rings. The second kappa shape index (κ2) is 9.50. The molecule has 26 heavy (non-hydrogen) atoms. The molecule has 0 N–H and O–H groups in total. The van der Waals surface area contributed by atoms with Gasteiger partial charge in [0.1, 0.15) is 0 Å². The fourth-order valence-corrected chi connectivity index (χ4v) is 2.69. The van der Waals surface area contributed by atoms with Crippen molar-refractivity contribution in [3.05, 3.63) is 35.9 Å². The molecule has 0 saturated heterocycles. The van der Waals surface area contributed by atoms with Gasteiger partial charge in [-0.05, 0) is 18.9 Å². The van der Waals surface area contributed by atoms with Gasteiger partial charge in [0, 0.05) is 16.3 Å². The minimum atomic E-state index is -0.621. The minimum Gasteiger partial charge on any atom is -0.211 e. The van der Waals surface area contributed by atoms with E-state index in [1.165, 1.54) is 24.3 Å². The number of aliphatic imine (C=N–C) groups is 4. The van der Waals surface area contributed by atoms with Crippen LogP contribution in [-0.4, -0.2) is 30.9 Å². The van der Waals surface area contributed by atoms with E-state index in [0.717, 1.165) is 0 Å². The Morgan fingerprint density at radius 2 is 1.65 bits per heavy atom. The summed E-state index contributed by atoms with van der Waals surface area (Å²) < 4.78 is 0. The quantitative estimate of drug-likeness (QED) is 0.413. The van der Waals surface area contributed by atoms with Gasteiger partial charge >= 0.3 is 0 Å². The lowest BCUT2D eigenvalue weighted by atomic mass is 9.96. The van der Waals surface area contributed by atoms with Gasteiger partial charge in [-0.3, -0.25) is 0 Å². The number of hydrogen-bond acceptors (Lipinski definition) is 8. The maximum Gasteiger partial charge on any atom is 0.240 e. The van der Waals surface area contributed by atoms with E-state index in [1.54, 1.807) is 30.3 Å². The zero-order valence-corrected chi connectivity index (χ0v) is 13.5. The second-order valence-corrected chi connectivity index (χ2v) is 5.13. The van der Waals surface area contributed by atoms with E-state index in [0.29, 0.717) is 34.9 Å². The van der Waals surface area contributed by atoms with Gasteiger partial charge in [0.25, 0.3) is 0 Å². The Morgan fingerprint density at radius 1 is 0.846 bits per heavy atom. The van der Waals surface area contributed by atoms with Gasteiger partial charge in [0.2, 0.25) is 24.3 Å². The first kappa shape index (κ1) is 18.6. The number of benzene rings is 2. The van der Waals surface area contributed by atoms with Crippen molar-refractivity contribution in [3.63, 3.8) is 0 Å². The first-order chi connectivity index (χ1) is 12.8. The van der Waals surface area contributed by atoms with Crippen molar-refractivity contribution < 1.29 is 19.2 Å². The van der Waals surface area contributed by atoms with Crippen LogP contribution in [0.2, 0.25) is 0 Å². The highest BCUT2D eigenvalue weighted by Crippen LogP contribution is 2.39. The molecule has 1 atom stereocenters. The van der Waals surface area contributed by atoms with Crippen molar-refractivity contribution in [1.29, 1.82) is 0 Å². The normalized spacial score (nSPS) is 10.6. The third-order valence-electron chi connectivity index (χ3n) is 3.74. The number of nitrogens with zero attached hydrogens (tertiary/aromatic N) is 4. The van der Waals surface area contributed by atoms with Gasteiger partial charge in [-0.2, -0.15) is 15.0 Å². The molecule has 0 bridgehead atoms. The summed E-state index contributed by atoms with van der Waals surface area (Å²) in [6.07, 6.45) is 6.80. The zero-order chi connectivity index (χ0) is 18.8. The first-order valence-corrected chi connectivity index (χ1v) is 7.58. The van der Waals surface area contributed by atoms with Gasteiger partial charge in [0.05, 0.1) is 24.0 Å². The van der Waals surface area contributed by atoms with Crippen molar-refractivity contribution >= 4 is 46.5 Å². The molecular formula is C18H12N4O4. The largest absolute Gasteiger partial charge is 0.240 e. The summed E-state index contributed by atoms with van der Waals surface area (Å²) >= 11 is 0. The van der Waals surface area contributed by atoms with Crippen LogP contribution in [0.3, 0.4) is 0 Å². The molecule has 8 heteroatoms. The van der Waals surface area contributed by atoms with E-state index in [9.17, 15) is 19.2 Å². The summed E-state index contributed by atoms with van der Waals surface area (Å²) in [5, 5.41) is 1.15. The van der Waals surface area contributed by atoms with Crippen molar-refractivity contribution in [3.8, 4) is 0 Å². The molecule has 0 aliphatic rings. The summed E-state index contributed by atoms with van der Waals surface area (Å²) in [5.74, 6) is 0. The number of carbonyl (C=O) groups excluding carboxylic acids is 4. The van der Waals surface area contributed by atoms with Crippen LogP contribution in [0, 0.1) is 0 Å². The van der Waals surface area contributed by atoms with E-state index in [-0.39, 0.29) is 12.2 Å². The van der Waals surface area contributed by atoms with Crippen molar-refractivity contribution in [2.45, 2.75) is 18.9 Å². The lowest BCUT2D eigenvalue weighted by Crippen LogP contribution is -1.98. The predicted octanol–water partition coefficient (Wildman–Crippen LogP) is 3.27. The number of fused-ring (bicyclic) bond motifs is 1. The monoisotopic (exact) mass is 348 g/mol. The highest BCUT2D eigenvalue weighted by atomic mass is 16.1. The van der Waals surface area contributed by atoms with E-state index in [2.05, 4.69) is 20.0 Å². The Labute approximate surface area is 147 Å². The van der Waals surface area contributed by atoms with Gasteiger partial charge in [-0.1, -0.05) is 24.3 Å². The predicted molar refractivity (Wildman–Crippen MR) is 92.6 cm³/mol. The molecule has 0 saturated carbocycles. The average molecular weight is 348 g/mol. The molecule has 1 unspecified atom stereocenters. The zero-order valence-electron chi connectivity index (χ0n) is 13.5. The molecule has 0 aromatic heterocycles. The van der Waals surface area contributed by atoms with Crippen LogP contribution in [0.5, 0.6) is 0 Å². The fourth-order valence-electron chi connectivity index (χ4n) is 2.69. The van der Waals surface area contributed by atoms with Crippen LogP contribution in [0.1, 0.15) is 24.4 Å². The van der Waals surface area contributed by atoms with E-state index in [1.807, 2.05) is 0 Å². The van der Waals surface area contributed by atoms with E-state index >= 15 is 0 Å². The SMILES string of the molecule is O=C=NCCCC(N=C=O)c1ccc2c(N=C=O)cccc2c1N=C=O. The third kappa shape index (κ3) is 4.19. The average Bonchev–Trinajstić information content (AvgIpc) is 2.65. The standard InChI is InChI=1S/C18H12N4O4/c23-9-19-8-2-5-17(21-11-25)15-7-6-13-14(18(15)22-12-26)3-1-4-16(13)20-10-24/h1,3-4,6-7,17H,2,5,8H2. The van der Waals surface area contributed by atoms with Crippen LogP contribution in [0.25, 0.3) is 10.8 Å². The van der Waals surface area contributed by atoms with Crippen molar-refractivity contribution in [1.82, 2.24) is 0 Å². The molecule has 0 aliphatic carbocycles. The molecule has 0 fully saturated rings. The molecule has 2 aromatic carbocycles. The number of rotatable bonds is 8. The van der Waals surface area contributed by atoms with Crippen molar-refractivity contribution in [2.24, 2.45) is 20.0 Å². The van der Waals surface area contributed by atoms with Crippen molar-refractivity contribution in [2.75, 3.05) is 6.54 Å². The van der Waals surface area contributed by atoms with Gasteiger partial charge in [-0.25, -0.2) is 24.2 Å². The topological polar surface area (TPSA) is 118 Å². The van der Waals surface area contributed by atoms with Gasteiger partial charge < -0.3 is 0 Å². The molecule has 0 amide bonds. The Morgan fingerprint density at radius 3 is 2.35 bits per heavy atom. The van der Waals surface area contributed by atoms with Crippen LogP contribution in [0.15, 0.2) is 50.3 Å². The summed E-state index contributed by atoms with van der Waals surface area (Å²) in [7, 11) is 0. The first-order valence-electron chi connectivity index (χ1n) is 7.58. The number of isocyanates is 4. The van der Waals surface area contributed by atoms with E-state index in [4.69, 9.17) is 0 Å². The molecule has 0 radical (unpaired) electrons. The summed E-state index contributed by atoms with van der Waals surface area (Å²) in [6.45, 7) is 0.242. The van der Waals surface area contributed by atoms with Crippen LogP contribution in [0.4, 0.5) is 11.4 Å². The maximum atomic E-state index is 10.9. The Kier molecular flexibility index (Phi) is 6.78. The summed E-state index contributed by atoms with van der Waals surface area (Å²) in [5.41, 5.74) is 1.18. The van der Waals surface area contributed by atoms with E-state index < -0.39 is 6.04 Å². The molecule has 0 spiro atoms. The lowest BCUT2D eigenvalue weighted by molar-refractivity contribution is 0.547. The summed E-state index contributed by atoms with van der Waals surface area (Å²) in [4.78, 5) is 57.1. The second-order valence-electron chi connectivity index (χ2n) is 5.13. The Balaban J connectivity index is 2.62. The maximum absolute atomic E-state index is 10.9. The molecule has 8 nitrogen and oxygen atoms in total. The molecule has 128 valence electrons. The fraction of sp³-hybridized carbons (Fsp3) is 0.222. The molecule has 0 heterocycles. The number of hydrogen-bond donors (Lipinski definition) is 0. The summed E-state index contributed by atoms with van der Waals surface area (Å²) in [6, 6.07) is 7.71. The van der Waals surface area contributed by atoms with Crippen LogP contribution < -0.4 is 0 Å². The van der Waals surface area contributed by atoms with Crippen LogP contribution in [-0.2, 0) is 19.2 Å². The molecular weight excluding hydrogens is 336 g/mol.